The van der Waals surface area contributed by atoms with Crippen molar-refractivity contribution >= 4 is 5.91 Å². The van der Waals surface area contributed by atoms with Gasteiger partial charge in [-0.05, 0) is 25.1 Å². The molecule has 0 aliphatic rings. The molecule has 0 bridgehead atoms. The smallest absolute Gasteiger partial charge is 0.270 e. The van der Waals surface area contributed by atoms with E-state index in [9.17, 15) is 4.79 Å². The summed E-state index contributed by atoms with van der Waals surface area (Å²) in [6.45, 7) is 2.17. The molecule has 1 amide bonds. The van der Waals surface area contributed by atoms with Crippen molar-refractivity contribution in [2.75, 3.05) is 0 Å². The van der Waals surface area contributed by atoms with Gasteiger partial charge in [-0.2, -0.15) is 0 Å². The third kappa shape index (κ3) is 2.44. The molecular weight excluding hydrogens is 206 g/mol. The van der Waals surface area contributed by atoms with Crippen molar-refractivity contribution < 1.29 is 9.21 Å². The number of amides is 1. The fraction of sp³-hybridized carbons (Fsp3) is 0.182. The van der Waals surface area contributed by atoms with E-state index in [0.29, 0.717) is 18.0 Å². The van der Waals surface area contributed by atoms with Crippen LogP contribution in [0.1, 0.15) is 21.9 Å². The van der Waals surface area contributed by atoms with Gasteiger partial charge in [-0.1, -0.05) is 0 Å². The molecule has 0 saturated heterocycles. The van der Waals surface area contributed by atoms with Gasteiger partial charge in [0.1, 0.15) is 17.8 Å². The molecule has 2 aromatic rings. The van der Waals surface area contributed by atoms with Crippen LogP contribution >= 0.6 is 0 Å². The van der Waals surface area contributed by atoms with E-state index in [1.165, 1.54) is 6.33 Å². The van der Waals surface area contributed by atoms with E-state index in [0.717, 1.165) is 5.69 Å². The molecule has 0 fully saturated rings. The Labute approximate surface area is 92.5 Å². The summed E-state index contributed by atoms with van der Waals surface area (Å²) in [6.07, 6.45) is 2.94. The number of hydrogen-bond donors (Lipinski definition) is 1. The molecule has 0 aliphatic heterocycles. The lowest BCUT2D eigenvalue weighted by Gasteiger charge is -2.02. The molecule has 5 heteroatoms. The number of furan rings is 1. The minimum absolute atomic E-state index is 0.234. The van der Waals surface area contributed by atoms with Crippen LogP contribution in [0.2, 0.25) is 0 Å². The first-order chi connectivity index (χ1) is 7.75. The molecule has 2 aromatic heterocycles. The van der Waals surface area contributed by atoms with Crippen molar-refractivity contribution in [3.05, 3.63) is 47.9 Å². The van der Waals surface area contributed by atoms with Gasteiger partial charge in [-0.3, -0.25) is 4.79 Å². The molecular formula is C11H11N3O2. The summed E-state index contributed by atoms with van der Waals surface area (Å²) in [7, 11) is 0. The second-order valence-corrected chi connectivity index (χ2v) is 3.31. The summed E-state index contributed by atoms with van der Waals surface area (Å²) in [4.78, 5) is 19.5. The zero-order valence-corrected chi connectivity index (χ0v) is 8.80. The molecule has 2 rings (SSSR count). The molecule has 0 aromatic carbocycles. The lowest BCUT2D eigenvalue weighted by Crippen LogP contribution is -2.23. The number of rotatable bonds is 3. The maximum Gasteiger partial charge on any atom is 0.270 e. The summed E-state index contributed by atoms with van der Waals surface area (Å²) in [5.74, 6) is 0.473. The largest absolute Gasteiger partial charge is 0.467 e. The van der Waals surface area contributed by atoms with E-state index in [4.69, 9.17) is 4.42 Å². The number of carbonyl (C=O) groups is 1. The maximum atomic E-state index is 11.6. The van der Waals surface area contributed by atoms with Crippen LogP contribution in [0, 0.1) is 6.92 Å². The fourth-order valence-electron chi connectivity index (χ4n) is 1.25. The van der Waals surface area contributed by atoms with Crippen LogP contribution in [0.5, 0.6) is 0 Å². The monoisotopic (exact) mass is 217 g/mol. The molecule has 0 saturated carbocycles. The van der Waals surface area contributed by atoms with Gasteiger partial charge in [0.15, 0.2) is 0 Å². The summed E-state index contributed by atoms with van der Waals surface area (Å²) >= 11 is 0. The number of aromatic nitrogens is 2. The first-order valence-corrected chi connectivity index (χ1v) is 4.85. The van der Waals surface area contributed by atoms with Gasteiger partial charge in [0.05, 0.1) is 12.8 Å². The zero-order chi connectivity index (χ0) is 11.4. The molecule has 2 heterocycles. The van der Waals surface area contributed by atoms with Gasteiger partial charge in [0.25, 0.3) is 5.91 Å². The third-order valence-corrected chi connectivity index (χ3v) is 2.04. The quantitative estimate of drug-likeness (QED) is 0.841. The highest BCUT2D eigenvalue weighted by molar-refractivity contribution is 5.92. The van der Waals surface area contributed by atoms with E-state index >= 15 is 0 Å². The van der Waals surface area contributed by atoms with Gasteiger partial charge in [-0.15, -0.1) is 0 Å². The zero-order valence-electron chi connectivity index (χ0n) is 8.80. The van der Waals surface area contributed by atoms with Gasteiger partial charge < -0.3 is 9.73 Å². The Morgan fingerprint density at radius 2 is 2.38 bits per heavy atom. The lowest BCUT2D eigenvalue weighted by atomic mass is 10.3. The Hall–Kier alpha value is -2.17. The van der Waals surface area contributed by atoms with Gasteiger partial charge in [-0.25, -0.2) is 9.97 Å². The van der Waals surface area contributed by atoms with Crippen molar-refractivity contribution in [1.29, 1.82) is 0 Å². The predicted octanol–water partition coefficient (Wildman–Crippen LogP) is 1.31. The summed E-state index contributed by atoms with van der Waals surface area (Å²) in [6, 6.07) is 5.21. The predicted molar refractivity (Wildman–Crippen MR) is 56.6 cm³/mol. The van der Waals surface area contributed by atoms with Crippen LogP contribution in [0.25, 0.3) is 0 Å². The molecule has 82 valence electrons. The van der Waals surface area contributed by atoms with E-state index in [1.807, 2.05) is 6.92 Å². The SMILES string of the molecule is Cc1cc(C(=O)NCc2ccco2)ncn1. The van der Waals surface area contributed by atoms with Crippen molar-refractivity contribution in [3.8, 4) is 0 Å². The fourth-order valence-corrected chi connectivity index (χ4v) is 1.25. The molecule has 5 nitrogen and oxygen atoms in total. The molecule has 0 spiro atoms. The normalized spacial score (nSPS) is 10.1. The number of aryl methyl sites for hydroxylation is 1. The third-order valence-electron chi connectivity index (χ3n) is 2.04. The highest BCUT2D eigenvalue weighted by Gasteiger charge is 2.07. The van der Waals surface area contributed by atoms with Crippen LogP contribution in [0.15, 0.2) is 35.2 Å². The average Bonchev–Trinajstić information content (AvgIpc) is 2.78. The number of nitrogens with one attached hydrogen (secondary N) is 1. The maximum absolute atomic E-state index is 11.6. The van der Waals surface area contributed by atoms with Crippen LogP contribution < -0.4 is 5.32 Å². The number of carbonyl (C=O) groups excluding carboxylic acids is 1. The molecule has 0 atom stereocenters. The van der Waals surface area contributed by atoms with E-state index in [2.05, 4.69) is 15.3 Å². The second-order valence-electron chi connectivity index (χ2n) is 3.31. The Bertz CT molecular complexity index is 480. The van der Waals surface area contributed by atoms with E-state index in [-0.39, 0.29) is 5.91 Å². The Balaban J connectivity index is 1.98. The van der Waals surface area contributed by atoms with E-state index < -0.39 is 0 Å². The summed E-state index contributed by atoms with van der Waals surface area (Å²) in [5, 5.41) is 2.71. The number of nitrogens with zero attached hydrogens (tertiary/aromatic N) is 2. The Kier molecular flexibility index (Phi) is 2.95. The standard InChI is InChI=1S/C11H11N3O2/c1-8-5-10(14-7-13-8)11(15)12-6-9-3-2-4-16-9/h2-5,7H,6H2,1H3,(H,12,15). The summed E-state index contributed by atoms with van der Waals surface area (Å²) in [5.41, 5.74) is 1.12. The van der Waals surface area contributed by atoms with Gasteiger partial charge in [0.2, 0.25) is 0 Å². The highest BCUT2D eigenvalue weighted by Crippen LogP contribution is 2.00. The van der Waals surface area contributed by atoms with Crippen LogP contribution in [-0.4, -0.2) is 15.9 Å². The Morgan fingerprint density at radius 1 is 1.50 bits per heavy atom. The lowest BCUT2D eigenvalue weighted by molar-refractivity contribution is 0.0942. The molecule has 0 aliphatic carbocycles. The number of hydrogen-bond acceptors (Lipinski definition) is 4. The molecule has 1 N–H and O–H groups in total. The van der Waals surface area contributed by atoms with Crippen LogP contribution in [0.3, 0.4) is 0 Å². The van der Waals surface area contributed by atoms with E-state index in [1.54, 1.807) is 24.5 Å². The minimum Gasteiger partial charge on any atom is -0.467 e. The van der Waals surface area contributed by atoms with Crippen molar-refractivity contribution in [2.24, 2.45) is 0 Å². The Morgan fingerprint density at radius 3 is 3.06 bits per heavy atom. The molecule has 0 unspecified atom stereocenters. The highest BCUT2D eigenvalue weighted by atomic mass is 16.3. The first kappa shape index (κ1) is 10.4. The van der Waals surface area contributed by atoms with Crippen LogP contribution in [-0.2, 0) is 6.54 Å². The first-order valence-electron chi connectivity index (χ1n) is 4.85. The summed E-state index contributed by atoms with van der Waals surface area (Å²) < 4.78 is 5.10. The van der Waals surface area contributed by atoms with Crippen LogP contribution in [0.4, 0.5) is 0 Å². The molecule has 16 heavy (non-hydrogen) atoms. The minimum atomic E-state index is -0.234. The molecule has 0 radical (unpaired) electrons. The van der Waals surface area contributed by atoms with Crippen molar-refractivity contribution in [1.82, 2.24) is 15.3 Å². The van der Waals surface area contributed by atoms with Crippen molar-refractivity contribution in [3.63, 3.8) is 0 Å². The van der Waals surface area contributed by atoms with Gasteiger partial charge >= 0.3 is 0 Å². The van der Waals surface area contributed by atoms with Gasteiger partial charge in [0, 0.05) is 5.69 Å². The topological polar surface area (TPSA) is 68.0 Å². The average molecular weight is 217 g/mol. The van der Waals surface area contributed by atoms with Crippen molar-refractivity contribution in [2.45, 2.75) is 13.5 Å². The second kappa shape index (κ2) is 4.57.